The van der Waals surface area contributed by atoms with E-state index in [0.29, 0.717) is 11.4 Å². The molecule has 1 aromatic heterocycles. The summed E-state index contributed by atoms with van der Waals surface area (Å²) in [5.74, 6) is -0.347. The average molecular weight is 383 g/mol. The number of rotatable bonds is 8. The standard InChI is InChI=1S/C22H23FN2OS/c1-25(16-17-7-3-2-4-8-17)14-6-13-24-22(26)21-12-11-20(27-21)18-9-5-10-19(23)15-18/h2-5,7-12,15H,6,13-14,16H2,1H3,(H,24,26). The number of halogens is 1. The van der Waals surface area contributed by atoms with Crippen LogP contribution in [0.5, 0.6) is 0 Å². The van der Waals surface area contributed by atoms with Crippen LogP contribution in [0.3, 0.4) is 0 Å². The summed E-state index contributed by atoms with van der Waals surface area (Å²) in [6.07, 6.45) is 0.886. The van der Waals surface area contributed by atoms with Gasteiger partial charge in [0.05, 0.1) is 4.88 Å². The topological polar surface area (TPSA) is 32.3 Å². The van der Waals surface area contributed by atoms with Crippen LogP contribution in [-0.4, -0.2) is 30.9 Å². The summed E-state index contributed by atoms with van der Waals surface area (Å²) >= 11 is 1.38. The monoisotopic (exact) mass is 382 g/mol. The number of amides is 1. The maximum Gasteiger partial charge on any atom is 0.261 e. The Morgan fingerprint density at radius 2 is 1.89 bits per heavy atom. The highest BCUT2D eigenvalue weighted by Crippen LogP contribution is 2.28. The van der Waals surface area contributed by atoms with Gasteiger partial charge in [0.15, 0.2) is 0 Å². The lowest BCUT2D eigenvalue weighted by atomic mass is 10.2. The highest BCUT2D eigenvalue weighted by molar-refractivity contribution is 7.17. The van der Waals surface area contributed by atoms with Gasteiger partial charge in [-0.05, 0) is 55.4 Å². The second kappa shape index (κ2) is 9.44. The van der Waals surface area contributed by atoms with Crippen molar-refractivity contribution in [3.8, 4) is 10.4 Å². The number of hydrogen-bond donors (Lipinski definition) is 1. The van der Waals surface area contributed by atoms with Crippen LogP contribution in [0, 0.1) is 5.82 Å². The van der Waals surface area contributed by atoms with E-state index in [1.54, 1.807) is 12.1 Å². The van der Waals surface area contributed by atoms with Crippen molar-refractivity contribution in [1.29, 1.82) is 0 Å². The first-order valence-electron chi connectivity index (χ1n) is 8.98. The lowest BCUT2D eigenvalue weighted by molar-refractivity contribution is 0.0956. The van der Waals surface area contributed by atoms with Gasteiger partial charge in [0.1, 0.15) is 5.82 Å². The third-order valence-electron chi connectivity index (χ3n) is 4.24. The molecule has 0 saturated heterocycles. The molecule has 0 atom stereocenters. The zero-order valence-electron chi connectivity index (χ0n) is 15.3. The quantitative estimate of drug-likeness (QED) is 0.567. The molecule has 3 aromatic rings. The zero-order valence-corrected chi connectivity index (χ0v) is 16.1. The molecule has 1 N–H and O–H groups in total. The van der Waals surface area contributed by atoms with Crippen molar-refractivity contribution in [2.45, 2.75) is 13.0 Å². The van der Waals surface area contributed by atoms with Crippen LogP contribution in [0.15, 0.2) is 66.7 Å². The number of carbonyl (C=O) groups excluding carboxylic acids is 1. The van der Waals surface area contributed by atoms with Crippen LogP contribution in [0.4, 0.5) is 4.39 Å². The molecular weight excluding hydrogens is 359 g/mol. The molecule has 27 heavy (non-hydrogen) atoms. The van der Waals surface area contributed by atoms with Gasteiger partial charge < -0.3 is 10.2 Å². The Kier molecular flexibility index (Phi) is 6.74. The van der Waals surface area contributed by atoms with E-state index >= 15 is 0 Å². The molecule has 5 heteroatoms. The lowest BCUT2D eigenvalue weighted by Gasteiger charge is -2.16. The molecule has 2 aromatic carbocycles. The molecule has 140 valence electrons. The van der Waals surface area contributed by atoms with E-state index in [4.69, 9.17) is 0 Å². The highest BCUT2D eigenvalue weighted by Gasteiger charge is 2.10. The Hall–Kier alpha value is -2.50. The Morgan fingerprint density at radius 3 is 2.67 bits per heavy atom. The predicted octanol–water partition coefficient (Wildman–Crippen LogP) is 4.81. The van der Waals surface area contributed by atoms with E-state index in [-0.39, 0.29) is 11.7 Å². The third-order valence-corrected chi connectivity index (χ3v) is 5.37. The van der Waals surface area contributed by atoms with E-state index in [0.717, 1.165) is 30.0 Å². The van der Waals surface area contributed by atoms with Crippen LogP contribution in [-0.2, 0) is 6.54 Å². The van der Waals surface area contributed by atoms with E-state index < -0.39 is 0 Å². The zero-order chi connectivity index (χ0) is 19.1. The molecule has 1 heterocycles. The Morgan fingerprint density at radius 1 is 1.07 bits per heavy atom. The summed E-state index contributed by atoms with van der Waals surface area (Å²) in [6, 6.07) is 20.4. The normalized spacial score (nSPS) is 10.9. The van der Waals surface area contributed by atoms with Crippen molar-refractivity contribution in [1.82, 2.24) is 10.2 Å². The van der Waals surface area contributed by atoms with Gasteiger partial charge in [0.2, 0.25) is 0 Å². The molecule has 0 saturated carbocycles. The molecule has 0 unspecified atom stereocenters. The van der Waals surface area contributed by atoms with Crippen LogP contribution in [0.2, 0.25) is 0 Å². The number of nitrogens with one attached hydrogen (secondary N) is 1. The highest BCUT2D eigenvalue weighted by atomic mass is 32.1. The molecule has 0 fully saturated rings. The van der Waals surface area contributed by atoms with Gasteiger partial charge in [-0.25, -0.2) is 4.39 Å². The minimum atomic E-state index is -0.272. The molecule has 0 spiro atoms. The molecule has 1 amide bonds. The number of thiophene rings is 1. The van der Waals surface area contributed by atoms with Crippen LogP contribution in [0.1, 0.15) is 21.7 Å². The minimum absolute atomic E-state index is 0.0756. The van der Waals surface area contributed by atoms with Crippen molar-refractivity contribution in [2.24, 2.45) is 0 Å². The Labute approximate surface area is 163 Å². The molecule has 0 aliphatic heterocycles. The summed E-state index contributed by atoms with van der Waals surface area (Å²) in [6.45, 7) is 2.44. The molecular formula is C22H23FN2OS. The second-order valence-electron chi connectivity index (χ2n) is 6.51. The SMILES string of the molecule is CN(CCCNC(=O)c1ccc(-c2cccc(F)c2)s1)Cc1ccccc1. The molecule has 0 aliphatic carbocycles. The Balaban J connectivity index is 1.43. The number of nitrogens with zero attached hydrogens (tertiary/aromatic N) is 1. The fraction of sp³-hybridized carbons (Fsp3) is 0.227. The first-order valence-corrected chi connectivity index (χ1v) is 9.80. The Bertz CT molecular complexity index is 879. The number of hydrogen-bond acceptors (Lipinski definition) is 3. The summed E-state index contributed by atoms with van der Waals surface area (Å²) in [5, 5.41) is 2.97. The van der Waals surface area contributed by atoms with Gasteiger partial charge in [-0.1, -0.05) is 42.5 Å². The van der Waals surface area contributed by atoms with Crippen molar-refractivity contribution >= 4 is 17.2 Å². The summed E-state index contributed by atoms with van der Waals surface area (Å²) in [5.41, 5.74) is 2.08. The molecule has 0 aliphatic rings. The fourth-order valence-corrected chi connectivity index (χ4v) is 3.79. The largest absolute Gasteiger partial charge is 0.351 e. The van der Waals surface area contributed by atoms with Gasteiger partial charge in [-0.3, -0.25) is 4.79 Å². The van der Waals surface area contributed by atoms with E-state index in [9.17, 15) is 9.18 Å². The molecule has 0 bridgehead atoms. The van der Waals surface area contributed by atoms with Crippen molar-refractivity contribution < 1.29 is 9.18 Å². The maximum atomic E-state index is 13.3. The first kappa shape index (κ1) is 19.3. The lowest BCUT2D eigenvalue weighted by Crippen LogP contribution is -2.27. The molecule has 3 rings (SSSR count). The van der Waals surface area contributed by atoms with Crippen molar-refractivity contribution in [2.75, 3.05) is 20.1 Å². The van der Waals surface area contributed by atoms with Gasteiger partial charge in [0, 0.05) is 18.0 Å². The average Bonchev–Trinajstić information content (AvgIpc) is 3.16. The van der Waals surface area contributed by atoms with Gasteiger partial charge in [-0.2, -0.15) is 0 Å². The van der Waals surface area contributed by atoms with Crippen LogP contribution in [0.25, 0.3) is 10.4 Å². The predicted molar refractivity (Wildman–Crippen MR) is 109 cm³/mol. The van der Waals surface area contributed by atoms with Crippen molar-refractivity contribution in [3.63, 3.8) is 0 Å². The summed E-state index contributed by atoms with van der Waals surface area (Å²) in [7, 11) is 2.08. The fourth-order valence-electron chi connectivity index (χ4n) is 2.87. The maximum absolute atomic E-state index is 13.3. The smallest absolute Gasteiger partial charge is 0.261 e. The summed E-state index contributed by atoms with van der Waals surface area (Å²) in [4.78, 5) is 16.1. The molecule has 3 nitrogen and oxygen atoms in total. The van der Waals surface area contributed by atoms with Crippen LogP contribution < -0.4 is 5.32 Å². The third kappa shape index (κ3) is 5.74. The van der Waals surface area contributed by atoms with E-state index in [1.807, 2.05) is 30.3 Å². The van der Waals surface area contributed by atoms with Crippen LogP contribution >= 0.6 is 11.3 Å². The summed E-state index contributed by atoms with van der Waals surface area (Å²) < 4.78 is 13.3. The second-order valence-corrected chi connectivity index (χ2v) is 7.59. The van der Waals surface area contributed by atoms with Gasteiger partial charge in [-0.15, -0.1) is 11.3 Å². The van der Waals surface area contributed by atoms with Gasteiger partial charge in [0.25, 0.3) is 5.91 Å². The number of carbonyl (C=O) groups is 1. The van der Waals surface area contributed by atoms with Crippen molar-refractivity contribution in [3.05, 3.63) is 83.0 Å². The minimum Gasteiger partial charge on any atom is -0.351 e. The van der Waals surface area contributed by atoms with E-state index in [2.05, 4.69) is 29.4 Å². The first-order chi connectivity index (χ1) is 13.1. The molecule has 0 radical (unpaired) electrons. The van der Waals surface area contributed by atoms with Gasteiger partial charge >= 0.3 is 0 Å². The van der Waals surface area contributed by atoms with E-state index in [1.165, 1.54) is 29.0 Å². The number of benzene rings is 2.